The molecule has 0 bridgehead atoms. The second kappa shape index (κ2) is 8.63. The number of carboxylic acid groups (broad SMARTS) is 1. The van der Waals surface area contributed by atoms with Gasteiger partial charge in [-0.1, -0.05) is 60.7 Å². The highest BCUT2D eigenvalue weighted by molar-refractivity contribution is 7.98. The molecule has 3 N–H and O–H groups in total. The van der Waals surface area contributed by atoms with Gasteiger partial charge >= 0.3 is 6.09 Å². The average molecular weight is 419 g/mol. The maximum Gasteiger partial charge on any atom is 0.405 e. The van der Waals surface area contributed by atoms with E-state index in [2.05, 4.69) is 22.8 Å². The first-order valence-electron chi connectivity index (χ1n) is 9.71. The average Bonchev–Trinajstić information content (AvgIpc) is 3.49. The lowest BCUT2D eigenvalue weighted by atomic mass is 10.1. The summed E-state index contributed by atoms with van der Waals surface area (Å²) in [5, 5.41) is 14.6. The van der Waals surface area contributed by atoms with Gasteiger partial charge in [-0.3, -0.25) is 4.79 Å². The second-order valence-corrected chi connectivity index (χ2v) is 8.37. The topological polar surface area (TPSA) is 78.4 Å². The van der Waals surface area contributed by atoms with Gasteiger partial charge in [-0.05, 0) is 41.8 Å². The molecule has 1 aliphatic carbocycles. The zero-order chi connectivity index (χ0) is 21.0. The van der Waals surface area contributed by atoms with Crippen molar-refractivity contribution >= 4 is 29.4 Å². The molecule has 0 saturated heterocycles. The lowest BCUT2D eigenvalue weighted by molar-refractivity contribution is -0.119. The number of hydrogen-bond acceptors (Lipinski definition) is 3. The lowest BCUT2D eigenvalue weighted by Gasteiger charge is -2.18. The normalized spacial score (nSPS) is 19.7. The molecule has 0 aliphatic heterocycles. The van der Waals surface area contributed by atoms with Crippen LogP contribution in [0.3, 0.4) is 0 Å². The first-order valence-corrected chi connectivity index (χ1v) is 10.7. The summed E-state index contributed by atoms with van der Waals surface area (Å²) in [5.74, 6) is 0.371. The molecule has 0 heterocycles. The highest BCUT2D eigenvalue weighted by Gasteiger charge is 2.62. The van der Waals surface area contributed by atoms with Crippen LogP contribution in [0, 0.1) is 0 Å². The standard InChI is InChI=1S/C24H22N2O3S/c27-22(24(26-23(28)29)15-21(24)18-9-5-2-6-10-18)25-19-11-13-20(14-12-19)30-16-17-7-3-1-4-8-17/h1-14,21,26H,15-16H2,(H,25,27)(H,28,29)/t21-,24+/m1/s1. The summed E-state index contributed by atoms with van der Waals surface area (Å²) in [6.07, 6.45) is -0.753. The number of benzene rings is 3. The summed E-state index contributed by atoms with van der Waals surface area (Å²) in [7, 11) is 0. The van der Waals surface area contributed by atoms with Gasteiger partial charge in [0.15, 0.2) is 0 Å². The van der Waals surface area contributed by atoms with E-state index in [4.69, 9.17) is 0 Å². The molecular weight excluding hydrogens is 396 g/mol. The number of carbonyl (C=O) groups is 2. The van der Waals surface area contributed by atoms with E-state index in [0.29, 0.717) is 12.1 Å². The van der Waals surface area contributed by atoms with Crippen LogP contribution in [0.2, 0.25) is 0 Å². The molecule has 1 saturated carbocycles. The minimum atomic E-state index is -1.20. The lowest BCUT2D eigenvalue weighted by Crippen LogP contribution is -2.47. The molecule has 2 atom stereocenters. The molecule has 3 aromatic carbocycles. The molecule has 1 aliphatic rings. The number of amides is 2. The van der Waals surface area contributed by atoms with Crippen LogP contribution in [-0.4, -0.2) is 22.6 Å². The van der Waals surface area contributed by atoms with Crippen LogP contribution < -0.4 is 10.6 Å². The fraction of sp³-hybridized carbons (Fsp3) is 0.167. The summed E-state index contributed by atoms with van der Waals surface area (Å²) < 4.78 is 0. The molecule has 3 aromatic rings. The Kier molecular flexibility index (Phi) is 5.77. The number of carbonyl (C=O) groups excluding carboxylic acids is 1. The Hall–Kier alpha value is -3.25. The van der Waals surface area contributed by atoms with E-state index in [9.17, 15) is 14.7 Å². The van der Waals surface area contributed by atoms with E-state index < -0.39 is 11.6 Å². The summed E-state index contributed by atoms with van der Waals surface area (Å²) in [4.78, 5) is 25.4. The van der Waals surface area contributed by atoms with Gasteiger partial charge in [0.05, 0.1) is 0 Å². The maximum atomic E-state index is 13.0. The molecule has 152 valence electrons. The molecular formula is C24H22N2O3S. The van der Waals surface area contributed by atoms with Gasteiger partial charge in [-0.25, -0.2) is 4.79 Å². The molecule has 4 rings (SSSR count). The van der Waals surface area contributed by atoms with Gasteiger partial charge in [-0.15, -0.1) is 11.8 Å². The van der Waals surface area contributed by atoms with Gasteiger partial charge in [0.25, 0.3) is 5.91 Å². The Balaban J connectivity index is 1.41. The minimum absolute atomic E-state index is 0.171. The van der Waals surface area contributed by atoms with Crippen molar-refractivity contribution in [3.05, 3.63) is 96.1 Å². The Morgan fingerprint density at radius 1 is 0.933 bits per heavy atom. The van der Waals surface area contributed by atoms with Crippen LogP contribution in [0.15, 0.2) is 89.8 Å². The van der Waals surface area contributed by atoms with Crippen molar-refractivity contribution in [3.63, 3.8) is 0 Å². The van der Waals surface area contributed by atoms with Crippen molar-refractivity contribution in [1.29, 1.82) is 0 Å². The van der Waals surface area contributed by atoms with Crippen LogP contribution in [0.1, 0.15) is 23.5 Å². The van der Waals surface area contributed by atoms with Gasteiger partial charge in [0.1, 0.15) is 5.54 Å². The van der Waals surface area contributed by atoms with Crippen LogP contribution >= 0.6 is 11.8 Å². The van der Waals surface area contributed by atoms with Crippen molar-refractivity contribution in [1.82, 2.24) is 5.32 Å². The molecule has 30 heavy (non-hydrogen) atoms. The number of anilines is 1. The number of nitrogens with one attached hydrogen (secondary N) is 2. The fourth-order valence-electron chi connectivity index (χ4n) is 3.61. The summed E-state index contributed by atoms with van der Waals surface area (Å²) in [6, 6.07) is 27.4. The molecule has 6 heteroatoms. The van der Waals surface area contributed by atoms with E-state index in [1.54, 1.807) is 11.8 Å². The highest BCUT2D eigenvalue weighted by Crippen LogP contribution is 2.52. The molecule has 1 fully saturated rings. The Morgan fingerprint density at radius 2 is 1.57 bits per heavy atom. The predicted octanol–water partition coefficient (Wildman–Crippen LogP) is 5.11. The third kappa shape index (κ3) is 4.49. The molecule has 2 amide bonds. The number of rotatable bonds is 7. The third-order valence-electron chi connectivity index (χ3n) is 5.26. The van der Waals surface area contributed by atoms with E-state index in [1.807, 2.05) is 72.8 Å². The van der Waals surface area contributed by atoms with Gasteiger partial charge in [0.2, 0.25) is 0 Å². The maximum absolute atomic E-state index is 13.0. The van der Waals surface area contributed by atoms with E-state index in [0.717, 1.165) is 16.2 Å². The van der Waals surface area contributed by atoms with E-state index in [1.165, 1.54) is 5.56 Å². The zero-order valence-corrected chi connectivity index (χ0v) is 17.1. The molecule has 0 radical (unpaired) electrons. The first-order chi connectivity index (χ1) is 14.6. The summed E-state index contributed by atoms with van der Waals surface area (Å²) in [5.41, 5.74) is 1.72. The third-order valence-corrected chi connectivity index (χ3v) is 6.34. The van der Waals surface area contributed by atoms with Crippen molar-refractivity contribution in [3.8, 4) is 0 Å². The Bertz CT molecular complexity index is 1030. The monoisotopic (exact) mass is 418 g/mol. The molecule has 5 nitrogen and oxygen atoms in total. The zero-order valence-electron chi connectivity index (χ0n) is 16.2. The Morgan fingerprint density at radius 3 is 2.20 bits per heavy atom. The van der Waals surface area contributed by atoms with Crippen molar-refractivity contribution in [2.45, 2.75) is 28.5 Å². The minimum Gasteiger partial charge on any atom is -0.465 e. The van der Waals surface area contributed by atoms with Crippen molar-refractivity contribution in [2.24, 2.45) is 0 Å². The fourth-order valence-corrected chi connectivity index (χ4v) is 4.46. The van der Waals surface area contributed by atoms with E-state index >= 15 is 0 Å². The van der Waals surface area contributed by atoms with Crippen LogP contribution in [0.4, 0.5) is 10.5 Å². The van der Waals surface area contributed by atoms with Crippen LogP contribution in [0.25, 0.3) is 0 Å². The molecule has 0 unspecified atom stereocenters. The van der Waals surface area contributed by atoms with Gasteiger partial charge in [-0.2, -0.15) is 0 Å². The first kappa shape index (κ1) is 20.0. The molecule has 0 aromatic heterocycles. The van der Waals surface area contributed by atoms with E-state index in [-0.39, 0.29) is 11.8 Å². The number of thioether (sulfide) groups is 1. The van der Waals surface area contributed by atoms with Gasteiger partial charge < -0.3 is 15.7 Å². The van der Waals surface area contributed by atoms with Crippen molar-refractivity contribution in [2.75, 3.05) is 5.32 Å². The highest BCUT2D eigenvalue weighted by atomic mass is 32.2. The number of hydrogen-bond donors (Lipinski definition) is 3. The van der Waals surface area contributed by atoms with Crippen molar-refractivity contribution < 1.29 is 14.7 Å². The van der Waals surface area contributed by atoms with Gasteiger partial charge in [0, 0.05) is 22.3 Å². The summed E-state index contributed by atoms with van der Waals surface area (Å²) in [6.45, 7) is 0. The Labute approximate surface area is 179 Å². The second-order valence-electron chi connectivity index (χ2n) is 7.32. The van der Waals surface area contributed by atoms with Crippen LogP contribution in [-0.2, 0) is 10.5 Å². The predicted molar refractivity (Wildman–Crippen MR) is 119 cm³/mol. The SMILES string of the molecule is O=C(O)N[C@@]1(C(=O)Nc2ccc(SCc3ccccc3)cc2)C[C@@H]1c1ccccc1. The van der Waals surface area contributed by atoms with Crippen LogP contribution in [0.5, 0.6) is 0 Å². The molecule has 0 spiro atoms. The summed E-state index contributed by atoms with van der Waals surface area (Å²) >= 11 is 1.72. The smallest absolute Gasteiger partial charge is 0.405 e. The quantitative estimate of drug-likeness (QED) is 0.466. The largest absolute Gasteiger partial charge is 0.465 e.